The minimum absolute atomic E-state index is 0.0952. The first-order valence-electron chi connectivity index (χ1n) is 11.7. The molecule has 178 valence electrons. The molecule has 1 unspecified atom stereocenters. The molecule has 1 amide bonds. The lowest BCUT2D eigenvalue weighted by Gasteiger charge is -2.24. The van der Waals surface area contributed by atoms with E-state index in [1.54, 1.807) is 0 Å². The number of alkyl carbamates (subject to hydrolysis) is 1. The van der Waals surface area contributed by atoms with Crippen LogP contribution in [0.5, 0.6) is 0 Å². The van der Waals surface area contributed by atoms with Gasteiger partial charge in [-0.3, -0.25) is 0 Å². The molecule has 0 spiro atoms. The van der Waals surface area contributed by atoms with Gasteiger partial charge in [0.25, 0.3) is 0 Å². The molecule has 32 heavy (non-hydrogen) atoms. The third kappa shape index (κ3) is 7.94. The number of methoxy groups -OCH3 is 1. The Morgan fingerprint density at radius 1 is 1.28 bits per heavy atom. The maximum atomic E-state index is 11.8. The Bertz CT molecular complexity index is 756. The second kappa shape index (κ2) is 12.6. The van der Waals surface area contributed by atoms with Gasteiger partial charge in [0.2, 0.25) is 0 Å². The number of fused-ring (bicyclic) bond motifs is 1. The smallest absolute Gasteiger partial charge is 0.407 e. The van der Waals surface area contributed by atoms with Crippen LogP contribution >= 0.6 is 0 Å². The largest absolute Gasteiger partial charge is 0.480 e. The third-order valence-corrected chi connectivity index (χ3v) is 5.96. The van der Waals surface area contributed by atoms with Crippen LogP contribution in [0.4, 0.5) is 10.6 Å². The summed E-state index contributed by atoms with van der Waals surface area (Å²) in [4.78, 5) is 30.5. The van der Waals surface area contributed by atoms with Crippen molar-refractivity contribution in [3.8, 4) is 0 Å². The number of amides is 1. The Hall–Kier alpha value is -2.39. The molecule has 1 aromatic rings. The number of aromatic nitrogens is 1. The summed E-state index contributed by atoms with van der Waals surface area (Å²) < 4.78 is 9.74. The molecule has 1 aliphatic carbocycles. The predicted octanol–water partition coefficient (Wildman–Crippen LogP) is 2.44. The Morgan fingerprint density at radius 2 is 2.12 bits per heavy atom. The molecule has 1 saturated carbocycles. The van der Waals surface area contributed by atoms with Crippen molar-refractivity contribution in [2.45, 2.75) is 63.5 Å². The molecule has 2 aliphatic rings. The molecule has 2 heterocycles. The van der Waals surface area contributed by atoms with Crippen LogP contribution in [0.2, 0.25) is 0 Å². The molecule has 1 fully saturated rings. The number of hydrogen-bond donors (Lipinski definition) is 3. The highest BCUT2D eigenvalue weighted by Crippen LogP contribution is 2.27. The maximum absolute atomic E-state index is 11.8. The number of carboxylic acid groups (broad SMARTS) is 1. The van der Waals surface area contributed by atoms with Gasteiger partial charge in [0.05, 0.1) is 6.61 Å². The monoisotopic (exact) mass is 448 g/mol. The van der Waals surface area contributed by atoms with E-state index < -0.39 is 18.1 Å². The lowest BCUT2D eigenvalue weighted by molar-refractivity contribution is -0.139. The molecule has 1 atom stereocenters. The van der Waals surface area contributed by atoms with E-state index in [0.29, 0.717) is 19.0 Å². The highest BCUT2D eigenvalue weighted by Gasteiger charge is 2.30. The maximum Gasteiger partial charge on any atom is 0.407 e. The van der Waals surface area contributed by atoms with E-state index in [9.17, 15) is 14.7 Å². The van der Waals surface area contributed by atoms with Gasteiger partial charge in [-0.15, -0.1) is 0 Å². The number of carboxylic acids is 1. The van der Waals surface area contributed by atoms with Crippen LogP contribution in [0, 0.1) is 0 Å². The number of hydrogen-bond acceptors (Lipinski definition) is 7. The van der Waals surface area contributed by atoms with Gasteiger partial charge in [0, 0.05) is 31.9 Å². The van der Waals surface area contributed by atoms with Gasteiger partial charge in [0.1, 0.15) is 18.5 Å². The second-order valence-electron chi connectivity index (χ2n) is 8.52. The van der Waals surface area contributed by atoms with Crippen LogP contribution in [0.15, 0.2) is 12.1 Å². The zero-order chi connectivity index (χ0) is 22.8. The van der Waals surface area contributed by atoms with Crippen LogP contribution in [0.3, 0.4) is 0 Å². The van der Waals surface area contributed by atoms with E-state index in [0.717, 1.165) is 69.5 Å². The quantitative estimate of drug-likeness (QED) is 0.372. The first-order chi connectivity index (χ1) is 15.6. The van der Waals surface area contributed by atoms with Crippen molar-refractivity contribution in [1.82, 2.24) is 15.2 Å². The van der Waals surface area contributed by atoms with E-state index in [1.165, 1.54) is 12.7 Å². The SMILES string of the molecule is COCCOC(=O)NC(CCN(CCCCc1ccc2c(n1)NCCC2)C1CC1)C(=O)O. The summed E-state index contributed by atoms with van der Waals surface area (Å²) in [5, 5.41) is 15.3. The number of aryl methyl sites for hydroxylation is 2. The van der Waals surface area contributed by atoms with Gasteiger partial charge < -0.3 is 30.1 Å². The fourth-order valence-corrected chi connectivity index (χ4v) is 4.00. The zero-order valence-corrected chi connectivity index (χ0v) is 19.0. The standard InChI is InChI=1S/C23H36N4O5/c1-31-15-16-32-23(30)26-20(22(28)29)11-14-27(19-9-10-19)13-3-2-6-18-8-7-17-5-4-12-24-21(17)25-18/h7-8,19-20H,2-6,9-16H2,1H3,(H,24,25)(H,26,30)(H,28,29). The second-order valence-corrected chi connectivity index (χ2v) is 8.52. The Kier molecular flexibility index (Phi) is 9.55. The van der Waals surface area contributed by atoms with Crippen LogP contribution in [0.1, 0.15) is 49.8 Å². The average Bonchev–Trinajstić information content (AvgIpc) is 3.63. The van der Waals surface area contributed by atoms with E-state index in [2.05, 4.69) is 27.7 Å². The number of ether oxygens (including phenoxy) is 2. The summed E-state index contributed by atoms with van der Waals surface area (Å²) in [5.41, 5.74) is 2.43. The van der Waals surface area contributed by atoms with Crippen molar-refractivity contribution in [1.29, 1.82) is 0 Å². The van der Waals surface area contributed by atoms with E-state index in [-0.39, 0.29) is 13.2 Å². The van der Waals surface area contributed by atoms with Gasteiger partial charge in [-0.1, -0.05) is 6.07 Å². The molecule has 3 N–H and O–H groups in total. The molecule has 1 aromatic heterocycles. The van der Waals surface area contributed by atoms with Gasteiger partial charge in [-0.2, -0.15) is 0 Å². The lowest BCUT2D eigenvalue weighted by atomic mass is 10.1. The summed E-state index contributed by atoms with van der Waals surface area (Å²) in [6, 6.07) is 3.90. The molecule has 3 rings (SSSR count). The van der Waals surface area contributed by atoms with Crippen LogP contribution < -0.4 is 10.6 Å². The zero-order valence-electron chi connectivity index (χ0n) is 19.0. The van der Waals surface area contributed by atoms with Crippen LogP contribution in [0.25, 0.3) is 0 Å². The van der Waals surface area contributed by atoms with E-state index >= 15 is 0 Å². The van der Waals surface area contributed by atoms with Gasteiger partial charge >= 0.3 is 12.1 Å². The number of nitrogens with one attached hydrogen (secondary N) is 2. The first kappa shape index (κ1) is 24.3. The number of aliphatic carboxylic acids is 1. The Labute approximate surface area is 189 Å². The van der Waals surface area contributed by atoms with Crippen molar-refractivity contribution in [3.63, 3.8) is 0 Å². The number of carbonyl (C=O) groups is 2. The number of rotatable bonds is 14. The van der Waals surface area contributed by atoms with Crippen molar-refractivity contribution in [2.75, 3.05) is 45.3 Å². The molecule has 9 heteroatoms. The Balaban J connectivity index is 1.39. The number of carbonyl (C=O) groups excluding carboxylic acids is 1. The molecule has 0 bridgehead atoms. The highest BCUT2D eigenvalue weighted by atomic mass is 16.6. The van der Waals surface area contributed by atoms with Gasteiger partial charge in [-0.05, 0) is 69.5 Å². The normalized spacial score (nSPS) is 16.2. The van der Waals surface area contributed by atoms with E-state index in [1.807, 2.05) is 0 Å². The molecule has 0 aromatic carbocycles. The molecule has 0 radical (unpaired) electrons. The van der Waals surface area contributed by atoms with Crippen molar-refractivity contribution in [2.24, 2.45) is 0 Å². The van der Waals surface area contributed by atoms with Crippen LogP contribution in [-0.4, -0.2) is 79.1 Å². The molecular weight excluding hydrogens is 412 g/mol. The molecular formula is C23H36N4O5. The molecule has 1 aliphatic heterocycles. The van der Waals surface area contributed by atoms with Crippen molar-refractivity contribution in [3.05, 3.63) is 23.4 Å². The van der Waals surface area contributed by atoms with Gasteiger partial charge in [0.15, 0.2) is 0 Å². The highest BCUT2D eigenvalue weighted by molar-refractivity contribution is 5.79. The molecule has 9 nitrogen and oxygen atoms in total. The van der Waals surface area contributed by atoms with Crippen LogP contribution in [-0.2, 0) is 27.1 Å². The number of anilines is 1. The summed E-state index contributed by atoms with van der Waals surface area (Å²) >= 11 is 0. The third-order valence-electron chi connectivity index (χ3n) is 5.96. The predicted molar refractivity (Wildman–Crippen MR) is 121 cm³/mol. The summed E-state index contributed by atoms with van der Waals surface area (Å²) in [6.07, 6.45) is 7.23. The fourth-order valence-electron chi connectivity index (χ4n) is 4.00. The van der Waals surface area contributed by atoms with E-state index in [4.69, 9.17) is 14.5 Å². The summed E-state index contributed by atoms with van der Waals surface area (Å²) in [5.74, 6) is -0.00199. The number of pyridine rings is 1. The fraction of sp³-hybridized carbons (Fsp3) is 0.696. The number of nitrogens with zero attached hydrogens (tertiary/aromatic N) is 2. The van der Waals surface area contributed by atoms with Crippen molar-refractivity contribution >= 4 is 17.9 Å². The topological polar surface area (TPSA) is 113 Å². The van der Waals surface area contributed by atoms with Crippen molar-refractivity contribution < 1.29 is 24.2 Å². The summed E-state index contributed by atoms with van der Waals surface area (Å²) in [6.45, 7) is 2.94. The minimum atomic E-state index is -1.04. The first-order valence-corrected chi connectivity index (χ1v) is 11.7. The average molecular weight is 449 g/mol. The number of unbranched alkanes of at least 4 members (excludes halogenated alkanes) is 1. The lowest BCUT2D eigenvalue weighted by Crippen LogP contribution is -2.44. The molecule has 0 saturated heterocycles. The van der Waals surface area contributed by atoms with Gasteiger partial charge in [-0.25, -0.2) is 14.6 Å². The Morgan fingerprint density at radius 3 is 2.88 bits per heavy atom. The summed E-state index contributed by atoms with van der Waals surface area (Å²) in [7, 11) is 1.51. The minimum Gasteiger partial charge on any atom is -0.480 e.